The third-order valence-electron chi connectivity index (χ3n) is 3.66. The Morgan fingerprint density at radius 3 is 2.88 bits per heavy atom. The van der Waals surface area contributed by atoms with Crippen molar-refractivity contribution >= 4 is 22.8 Å². The van der Waals surface area contributed by atoms with Gasteiger partial charge in [-0.1, -0.05) is 6.07 Å². The van der Waals surface area contributed by atoms with Crippen molar-refractivity contribution in [2.45, 2.75) is 20.0 Å². The van der Waals surface area contributed by atoms with E-state index in [9.17, 15) is 0 Å². The predicted octanol–water partition coefficient (Wildman–Crippen LogP) is 1.76. The molecule has 3 N–H and O–H groups in total. The SMILES string of the molecule is Cc1nnc(CNc2nc(N)nc3ccn(Cc4ccccn4)c23)o1. The fraction of sp³-hybridized carbons (Fsp3) is 0.188. The molecular weight excluding hydrogens is 320 g/mol. The highest BCUT2D eigenvalue weighted by molar-refractivity contribution is 5.87. The molecular formula is C16H16N8O. The van der Waals surface area contributed by atoms with Gasteiger partial charge in [-0.25, -0.2) is 4.98 Å². The van der Waals surface area contributed by atoms with Crippen LogP contribution >= 0.6 is 0 Å². The van der Waals surface area contributed by atoms with E-state index >= 15 is 0 Å². The zero-order valence-electron chi connectivity index (χ0n) is 13.5. The second-order valence-corrected chi connectivity index (χ2v) is 5.50. The van der Waals surface area contributed by atoms with E-state index in [1.165, 1.54) is 0 Å². The Labute approximate surface area is 142 Å². The number of nitrogens with two attached hydrogens (primary N) is 1. The molecule has 9 heteroatoms. The van der Waals surface area contributed by atoms with Gasteiger partial charge in [-0.15, -0.1) is 10.2 Å². The molecule has 0 fully saturated rings. The Morgan fingerprint density at radius 2 is 2.12 bits per heavy atom. The average molecular weight is 336 g/mol. The van der Waals surface area contributed by atoms with E-state index in [1.54, 1.807) is 13.1 Å². The first-order valence-electron chi connectivity index (χ1n) is 7.74. The molecule has 0 aliphatic rings. The minimum Gasteiger partial charge on any atom is -0.424 e. The van der Waals surface area contributed by atoms with Crippen LogP contribution in [0.4, 0.5) is 11.8 Å². The third kappa shape index (κ3) is 3.11. The maximum atomic E-state index is 5.82. The largest absolute Gasteiger partial charge is 0.424 e. The minimum absolute atomic E-state index is 0.201. The van der Waals surface area contributed by atoms with Gasteiger partial charge in [0, 0.05) is 19.3 Å². The molecule has 4 heterocycles. The van der Waals surface area contributed by atoms with Gasteiger partial charge in [-0.3, -0.25) is 4.98 Å². The Kier molecular flexibility index (Phi) is 3.73. The van der Waals surface area contributed by atoms with E-state index in [0.29, 0.717) is 30.7 Å². The molecule has 0 saturated heterocycles. The van der Waals surface area contributed by atoms with Gasteiger partial charge in [0.05, 0.1) is 24.3 Å². The average Bonchev–Trinajstić information content (AvgIpc) is 3.20. The van der Waals surface area contributed by atoms with Gasteiger partial charge in [-0.2, -0.15) is 4.98 Å². The van der Waals surface area contributed by atoms with E-state index in [2.05, 4.69) is 30.5 Å². The van der Waals surface area contributed by atoms with Crippen LogP contribution < -0.4 is 11.1 Å². The summed E-state index contributed by atoms with van der Waals surface area (Å²) in [6.07, 6.45) is 3.71. The first kappa shape index (κ1) is 15.1. The number of nitrogen functional groups attached to an aromatic ring is 1. The summed E-state index contributed by atoms with van der Waals surface area (Å²) in [5, 5.41) is 11.0. The standard InChI is InChI=1S/C16H16N8O/c1-10-22-23-13(25-10)8-19-15-14-12(20-16(17)21-15)5-7-24(14)9-11-4-2-3-6-18-11/h2-7H,8-9H2,1H3,(H3,17,19,20,21). The van der Waals surface area contributed by atoms with Crippen LogP contribution in [0.25, 0.3) is 11.0 Å². The molecule has 0 aliphatic carbocycles. The maximum absolute atomic E-state index is 5.82. The van der Waals surface area contributed by atoms with Crippen LogP contribution in [-0.2, 0) is 13.1 Å². The Balaban J connectivity index is 1.68. The van der Waals surface area contributed by atoms with E-state index in [4.69, 9.17) is 10.2 Å². The molecule has 4 aromatic rings. The molecule has 0 aromatic carbocycles. The summed E-state index contributed by atoms with van der Waals surface area (Å²) < 4.78 is 7.41. The van der Waals surface area contributed by atoms with Crippen LogP contribution in [0.5, 0.6) is 0 Å². The predicted molar refractivity (Wildman–Crippen MR) is 91.6 cm³/mol. The summed E-state index contributed by atoms with van der Waals surface area (Å²) >= 11 is 0. The number of fused-ring (bicyclic) bond motifs is 1. The van der Waals surface area contributed by atoms with Crippen LogP contribution in [0, 0.1) is 6.92 Å². The lowest BCUT2D eigenvalue weighted by atomic mass is 10.3. The summed E-state index contributed by atoms with van der Waals surface area (Å²) in [4.78, 5) is 13.0. The zero-order valence-corrected chi connectivity index (χ0v) is 13.5. The van der Waals surface area contributed by atoms with E-state index in [-0.39, 0.29) is 5.95 Å². The highest BCUT2D eigenvalue weighted by Crippen LogP contribution is 2.23. The van der Waals surface area contributed by atoms with E-state index in [0.717, 1.165) is 16.7 Å². The summed E-state index contributed by atoms with van der Waals surface area (Å²) in [5.41, 5.74) is 8.37. The molecule has 0 aliphatic heterocycles. The Morgan fingerprint density at radius 1 is 1.20 bits per heavy atom. The topological polar surface area (TPSA) is 121 Å². The molecule has 0 unspecified atom stereocenters. The zero-order chi connectivity index (χ0) is 17.2. The highest BCUT2D eigenvalue weighted by atomic mass is 16.4. The monoisotopic (exact) mass is 336 g/mol. The molecule has 0 amide bonds. The number of rotatable bonds is 5. The lowest BCUT2D eigenvalue weighted by molar-refractivity contribution is 0.474. The molecule has 126 valence electrons. The van der Waals surface area contributed by atoms with E-state index in [1.807, 2.05) is 35.0 Å². The number of aryl methyl sites for hydroxylation is 1. The number of aromatic nitrogens is 6. The van der Waals surface area contributed by atoms with Crippen LogP contribution in [0.15, 0.2) is 41.1 Å². The molecule has 0 spiro atoms. The third-order valence-corrected chi connectivity index (χ3v) is 3.66. The molecule has 4 aromatic heterocycles. The van der Waals surface area contributed by atoms with Crippen molar-refractivity contribution in [1.29, 1.82) is 0 Å². The number of nitrogens with zero attached hydrogens (tertiary/aromatic N) is 6. The lowest BCUT2D eigenvalue weighted by Crippen LogP contribution is -2.08. The van der Waals surface area contributed by atoms with Crippen molar-refractivity contribution < 1.29 is 4.42 Å². The smallest absolute Gasteiger partial charge is 0.235 e. The summed E-state index contributed by atoms with van der Waals surface area (Å²) in [7, 11) is 0. The van der Waals surface area contributed by atoms with Crippen molar-refractivity contribution in [3.63, 3.8) is 0 Å². The summed E-state index contributed by atoms with van der Waals surface area (Å²) in [5.74, 6) is 1.81. The Bertz CT molecular complexity index is 1010. The number of hydrogen-bond acceptors (Lipinski definition) is 8. The van der Waals surface area contributed by atoms with Gasteiger partial charge in [0.2, 0.25) is 17.7 Å². The van der Waals surface area contributed by atoms with Crippen LogP contribution in [0.3, 0.4) is 0 Å². The van der Waals surface area contributed by atoms with Gasteiger partial charge in [-0.05, 0) is 18.2 Å². The number of anilines is 2. The second kappa shape index (κ2) is 6.19. The molecule has 9 nitrogen and oxygen atoms in total. The summed E-state index contributed by atoms with van der Waals surface area (Å²) in [6, 6.07) is 7.72. The Hall–Kier alpha value is -3.49. The first-order valence-corrected chi connectivity index (χ1v) is 7.74. The van der Waals surface area contributed by atoms with Gasteiger partial charge >= 0.3 is 0 Å². The quantitative estimate of drug-likeness (QED) is 0.565. The molecule has 4 rings (SSSR count). The van der Waals surface area contributed by atoms with Crippen molar-refractivity contribution in [2.24, 2.45) is 0 Å². The van der Waals surface area contributed by atoms with Crippen molar-refractivity contribution in [3.05, 3.63) is 54.1 Å². The molecule has 0 bridgehead atoms. The fourth-order valence-electron chi connectivity index (χ4n) is 2.61. The molecule has 25 heavy (non-hydrogen) atoms. The van der Waals surface area contributed by atoms with Gasteiger partial charge in [0.25, 0.3) is 0 Å². The van der Waals surface area contributed by atoms with Crippen molar-refractivity contribution in [3.8, 4) is 0 Å². The lowest BCUT2D eigenvalue weighted by Gasteiger charge is -2.10. The number of hydrogen-bond donors (Lipinski definition) is 2. The van der Waals surface area contributed by atoms with Crippen LogP contribution in [-0.4, -0.2) is 29.7 Å². The number of pyridine rings is 1. The second-order valence-electron chi connectivity index (χ2n) is 5.50. The first-order chi connectivity index (χ1) is 12.2. The van der Waals surface area contributed by atoms with Gasteiger partial charge < -0.3 is 20.0 Å². The molecule has 0 atom stereocenters. The summed E-state index contributed by atoms with van der Waals surface area (Å²) in [6.45, 7) is 2.70. The van der Waals surface area contributed by atoms with Crippen molar-refractivity contribution in [1.82, 2.24) is 29.7 Å². The number of nitrogens with one attached hydrogen (secondary N) is 1. The highest BCUT2D eigenvalue weighted by Gasteiger charge is 2.13. The van der Waals surface area contributed by atoms with Gasteiger partial charge in [0.15, 0.2) is 5.82 Å². The minimum atomic E-state index is 0.201. The van der Waals surface area contributed by atoms with Crippen LogP contribution in [0.2, 0.25) is 0 Å². The maximum Gasteiger partial charge on any atom is 0.235 e. The van der Waals surface area contributed by atoms with Gasteiger partial charge in [0.1, 0.15) is 5.52 Å². The van der Waals surface area contributed by atoms with Crippen LogP contribution in [0.1, 0.15) is 17.5 Å². The molecule has 0 radical (unpaired) electrons. The van der Waals surface area contributed by atoms with Crippen molar-refractivity contribution in [2.75, 3.05) is 11.1 Å². The normalized spacial score (nSPS) is 11.1. The molecule has 0 saturated carbocycles. The van der Waals surface area contributed by atoms with E-state index < -0.39 is 0 Å². The fourth-order valence-corrected chi connectivity index (χ4v) is 2.61.